The van der Waals surface area contributed by atoms with Gasteiger partial charge in [-0.2, -0.15) is 13.7 Å². The molecule has 2 aromatic carbocycles. The Labute approximate surface area is 163 Å². The van der Waals surface area contributed by atoms with Crippen LogP contribution >= 0.6 is 11.5 Å². The molecule has 1 saturated heterocycles. The molecule has 3 aromatic rings. The zero-order valence-corrected chi connectivity index (χ0v) is 16.3. The second kappa shape index (κ2) is 7.75. The van der Waals surface area contributed by atoms with Crippen molar-refractivity contribution in [3.05, 3.63) is 60.2 Å². The Bertz CT molecular complexity index is 996. The normalized spacial score (nSPS) is 15.1. The first-order valence-electron chi connectivity index (χ1n) is 8.85. The monoisotopic (exact) mass is 400 g/mol. The summed E-state index contributed by atoms with van der Waals surface area (Å²) in [5.74, 6) is 0.704. The topological polar surface area (TPSA) is 75.2 Å². The van der Waals surface area contributed by atoms with E-state index in [0.29, 0.717) is 30.4 Å². The molecule has 1 aromatic heterocycles. The second-order valence-electron chi connectivity index (χ2n) is 6.40. The van der Waals surface area contributed by atoms with E-state index in [1.165, 1.54) is 11.5 Å². The summed E-state index contributed by atoms with van der Waals surface area (Å²) < 4.78 is 31.0. The van der Waals surface area contributed by atoms with Crippen LogP contribution in [0.5, 0.6) is 0 Å². The maximum absolute atomic E-state index is 12.6. The average molecular weight is 401 g/mol. The number of aromatic nitrogens is 2. The molecule has 0 atom stereocenters. The van der Waals surface area contributed by atoms with Gasteiger partial charge in [-0.05, 0) is 30.5 Å². The van der Waals surface area contributed by atoms with Gasteiger partial charge in [0.1, 0.15) is 0 Å². The number of hydrogen-bond acceptors (Lipinski definition) is 6. The van der Waals surface area contributed by atoms with Crippen LogP contribution in [0.3, 0.4) is 0 Å². The van der Waals surface area contributed by atoms with Crippen molar-refractivity contribution in [2.45, 2.75) is 24.3 Å². The summed E-state index contributed by atoms with van der Waals surface area (Å²) in [5.41, 5.74) is 1.98. The molecule has 0 bridgehead atoms. The maximum atomic E-state index is 12.6. The minimum atomic E-state index is -3.36. The highest BCUT2D eigenvalue weighted by molar-refractivity contribution is 7.89. The molecule has 1 fully saturated rings. The van der Waals surface area contributed by atoms with E-state index >= 15 is 0 Å². The predicted octanol–water partition coefficient (Wildman–Crippen LogP) is 3.60. The van der Waals surface area contributed by atoms with E-state index in [4.69, 9.17) is 0 Å². The van der Waals surface area contributed by atoms with Crippen molar-refractivity contribution < 1.29 is 8.42 Å². The van der Waals surface area contributed by atoms with Crippen LogP contribution < -0.4 is 5.32 Å². The first-order valence-corrected chi connectivity index (χ1v) is 11.1. The molecule has 140 valence electrons. The lowest BCUT2D eigenvalue weighted by Crippen LogP contribution is -2.27. The van der Waals surface area contributed by atoms with Crippen LogP contribution in [0.25, 0.3) is 11.4 Å². The Morgan fingerprint density at radius 1 is 1.00 bits per heavy atom. The molecule has 8 heteroatoms. The van der Waals surface area contributed by atoms with Crippen molar-refractivity contribution in [2.75, 3.05) is 18.4 Å². The van der Waals surface area contributed by atoms with Crippen LogP contribution in [0.15, 0.2) is 59.5 Å². The van der Waals surface area contributed by atoms with E-state index in [9.17, 15) is 8.42 Å². The zero-order chi connectivity index (χ0) is 18.7. The summed E-state index contributed by atoms with van der Waals surface area (Å²) in [5, 5.41) is 3.99. The molecule has 0 saturated carbocycles. The van der Waals surface area contributed by atoms with Gasteiger partial charge in [0, 0.05) is 36.7 Å². The highest BCUT2D eigenvalue weighted by Gasteiger charge is 2.26. The van der Waals surface area contributed by atoms with E-state index in [2.05, 4.69) is 14.7 Å². The van der Waals surface area contributed by atoms with Gasteiger partial charge in [0.25, 0.3) is 0 Å². The number of rotatable bonds is 6. The fourth-order valence-corrected chi connectivity index (χ4v) is 5.13. The molecular weight excluding hydrogens is 380 g/mol. The third-order valence-electron chi connectivity index (χ3n) is 4.53. The lowest BCUT2D eigenvalue weighted by molar-refractivity contribution is 0.477. The van der Waals surface area contributed by atoms with Crippen molar-refractivity contribution in [2.24, 2.45) is 0 Å². The van der Waals surface area contributed by atoms with E-state index in [1.54, 1.807) is 16.4 Å². The first-order chi connectivity index (χ1) is 13.1. The minimum absolute atomic E-state index is 0.357. The number of hydrogen-bond donors (Lipinski definition) is 1. The summed E-state index contributed by atoms with van der Waals surface area (Å²) in [6, 6.07) is 16.9. The van der Waals surface area contributed by atoms with E-state index in [-0.39, 0.29) is 0 Å². The third kappa shape index (κ3) is 4.02. The fourth-order valence-electron chi connectivity index (χ4n) is 3.03. The number of nitrogens with one attached hydrogen (secondary N) is 1. The van der Waals surface area contributed by atoms with Gasteiger partial charge in [0.2, 0.25) is 15.2 Å². The predicted molar refractivity (Wildman–Crippen MR) is 107 cm³/mol. The largest absolute Gasteiger partial charge is 0.356 e. The third-order valence-corrected chi connectivity index (χ3v) is 7.11. The molecule has 0 unspecified atom stereocenters. The summed E-state index contributed by atoms with van der Waals surface area (Å²) in [4.78, 5) is 4.86. The van der Waals surface area contributed by atoms with Crippen LogP contribution in [0, 0.1) is 0 Å². The van der Waals surface area contributed by atoms with Gasteiger partial charge in [0.05, 0.1) is 4.90 Å². The molecular formula is C19H20N4O2S2. The van der Waals surface area contributed by atoms with Gasteiger partial charge < -0.3 is 5.32 Å². The van der Waals surface area contributed by atoms with Crippen molar-refractivity contribution >= 4 is 26.7 Å². The quantitative estimate of drug-likeness (QED) is 0.684. The molecule has 1 N–H and O–H groups in total. The van der Waals surface area contributed by atoms with Gasteiger partial charge in [-0.25, -0.2) is 8.42 Å². The smallest absolute Gasteiger partial charge is 0.243 e. The van der Waals surface area contributed by atoms with Crippen molar-refractivity contribution in [3.63, 3.8) is 0 Å². The molecule has 2 heterocycles. The van der Waals surface area contributed by atoms with Crippen molar-refractivity contribution in [1.82, 2.24) is 13.7 Å². The Morgan fingerprint density at radius 2 is 1.70 bits per heavy atom. The Hall–Kier alpha value is -2.29. The molecule has 6 nitrogen and oxygen atoms in total. The van der Waals surface area contributed by atoms with Crippen LogP contribution in [0.4, 0.5) is 5.13 Å². The van der Waals surface area contributed by atoms with Crippen LogP contribution in [0.2, 0.25) is 0 Å². The number of benzene rings is 2. The van der Waals surface area contributed by atoms with Crippen LogP contribution in [-0.4, -0.2) is 35.2 Å². The molecule has 0 amide bonds. The van der Waals surface area contributed by atoms with Gasteiger partial charge >= 0.3 is 0 Å². The van der Waals surface area contributed by atoms with Crippen molar-refractivity contribution in [3.8, 4) is 11.4 Å². The summed E-state index contributed by atoms with van der Waals surface area (Å²) in [6.07, 6.45) is 1.88. The Morgan fingerprint density at radius 3 is 2.41 bits per heavy atom. The van der Waals surface area contributed by atoms with Gasteiger partial charge in [0.15, 0.2) is 5.82 Å². The van der Waals surface area contributed by atoms with E-state index in [1.807, 2.05) is 42.5 Å². The molecule has 27 heavy (non-hydrogen) atoms. The molecule has 0 spiro atoms. The minimum Gasteiger partial charge on any atom is -0.356 e. The lowest BCUT2D eigenvalue weighted by Gasteiger charge is -2.15. The van der Waals surface area contributed by atoms with Gasteiger partial charge in [-0.3, -0.25) is 0 Å². The molecule has 0 aliphatic carbocycles. The zero-order valence-electron chi connectivity index (χ0n) is 14.7. The summed E-state index contributed by atoms with van der Waals surface area (Å²) >= 11 is 1.31. The number of sulfonamides is 1. The molecule has 4 rings (SSSR count). The summed E-state index contributed by atoms with van der Waals surface area (Å²) in [6.45, 7) is 1.80. The first kappa shape index (κ1) is 18.1. The standard InChI is InChI=1S/C19H20N4O2S2/c24-27(25,23-12-4-5-13-23)17-10-8-15(9-11-17)14-20-19-21-18(22-26-19)16-6-2-1-3-7-16/h1-3,6-11H,4-5,12-14H2,(H,20,21,22). The highest BCUT2D eigenvalue weighted by Crippen LogP contribution is 2.23. The lowest BCUT2D eigenvalue weighted by atomic mass is 10.2. The molecule has 0 radical (unpaired) electrons. The Balaban J connectivity index is 1.40. The fraction of sp³-hybridized carbons (Fsp3) is 0.263. The van der Waals surface area contributed by atoms with Gasteiger partial charge in [-0.1, -0.05) is 42.5 Å². The average Bonchev–Trinajstić information content (AvgIpc) is 3.40. The Kier molecular flexibility index (Phi) is 5.20. The maximum Gasteiger partial charge on any atom is 0.243 e. The van der Waals surface area contributed by atoms with Crippen LogP contribution in [0.1, 0.15) is 18.4 Å². The second-order valence-corrected chi connectivity index (χ2v) is 9.09. The molecule has 1 aliphatic heterocycles. The van der Waals surface area contributed by atoms with Gasteiger partial charge in [-0.15, -0.1) is 0 Å². The van der Waals surface area contributed by atoms with Crippen LogP contribution in [-0.2, 0) is 16.6 Å². The van der Waals surface area contributed by atoms with E-state index in [0.717, 1.165) is 29.1 Å². The van der Waals surface area contributed by atoms with Crippen molar-refractivity contribution in [1.29, 1.82) is 0 Å². The number of anilines is 1. The highest BCUT2D eigenvalue weighted by atomic mass is 32.2. The number of nitrogens with zero attached hydrogens (tertiary/aromatic N) is 3. The SMILES string of the molecule is O=S(=O)(c1ccc(CNc2nc(-c3ccccc3)ns2)cc1)N1CCCC1. The summed E-state index contributed by atoms with van der Waals surface area (Å²) in [7, 11) is -3.36. The molecule has 1 aliphatic rings. The van der Waals surface area contributed by atoms with E-state index < -0.39 is 10.0 Å².